The molecule has 15 heavy (non-hydrogen) atoms. The van der Waals surface area contributed by atoms with Gasteiger partial charge in [-0.25, -0.2) is 0 Å². The lowest BCUT2D eigenvalue weighted by molar-refractivity contribution is 0.0991. The van der Waals surface area contributed by atoms with Gasteiger partial charge in [0.15, 0.2) is 5.78 Å². The number of aromatic hydroxyl groups is 1. The minimum atomic E-state index is -0.0856. The Labute approximate surface area is 90.1 Å². The molecule has 0 fully saturated rings. The van der Waals surface area contributed by atoms with E-state index in [0.717, 1.165) is 5.56 Å². The van der Waals surface area contributed by atoms with Gasteiger partial charge in [0, 0.05) is 0 Å². The van der Waals surface area contributed by atoms with Crippen molar-refractivity contribution in [2.75, 3.05) is 13.6 Å². The highest BCUT2D eigenvalue weighted by Gasteiger charge is 2.14. The molecule has 0 unspecified atom stereocenters. The van der Waals surface area contributed by atoms with E-state index in [2.05, 4.69) is 5.32 Å². The van der Waals surface area contributed by atoms with Gasteiger partial charge in [-0.15, -0.1) is 0 Å². The molecule has 0 bridgehead atoms. The number of carbonyl (C=O) groups is 1. The molecule has 3 heteroatoms. The summed E-state index contributed by atoms with van der Waals surface area (Å²) in [5.41, 5.74) is 1.22. The van der Waals surface area contributed by atoms with Gasteiger partial charge in [0.1, 0.15) is 5.75 Å². The Bertz CT molecular complexity index is 359. The highest BCUT2D eigenvalue weighted by atomic mass is 16.3. The highest BCUT2D eigenvalue weighted by Crippen LogP contribution is 2.28. The van der Waals surface area contributed by atoms with Gasteiger partial charge in [-0.2, -0.15) is 0 Å². The summed E-state index contributed by atoms with van der Waals surface area (Å²) in [6, 6.07) is 5.30. The molecule has 1 aromatic rings. The Hall–Kier alpha value is -1.35. The molecule has 0 aliphatic rings. The zero-order valence-corrected chi connectivity index (χ0v) is 9.37. The van der Waals surface area contributed by atoms with Crippen LogP contribution >= 0.6 is 0 Å². The van der Waals surface area contributed by atoms with Crippen molar-refractivity contribution in [3.63, 3.8) is 0 Å². The number of rotatable bonds is 4. The van der Waals surface area contributed by atoms with E-state index in [1.807, 2.05) is 19.9 Å². The first-order chi connectivity index (χ1) is 7.07. The van der Waals surface area contributed by atoms with Gasteiger partial charge < -0.3 is 10.4 Å². The molecule has 0 amide bonds. The van der Waals surface area contributed by atoms with Crippen LogP contribution in [0.2, 0.25) is 0 Å². The summed E-state index contributed by atoms with van der Waals surface area (Å²) in [5.74, 6) is 0.248. The van der Waals surface area contributed by atoms with E-state index >= 15 is 0 Å². The van der Waals surface area contributed by atoms with Gasteiger partial charge >= 0.3 is 0 Å². The van der Waals surface area contributed by atoms with Crippen molar-refractivity contribution in [3.8, 4) is 5.75 Å². The van der Waals surface area contributed by atoms with Crippen LogP contribution in [0, 0.1) is 0 Å². The van der Waals surface area contributed by atoms with Gasteiger partial charge in [-0.05, 0) is 24.6 Å². The molecule has 0 aliphatic carbocycles. The summed E-state index contributed by atoms with van der Waals surface area (Å²) < 4.78 is 0. The molecule has 82 valence electrons. The van der Waals surface area contributed by atoms with Crippen LogP contribution in [0.15, 0.2) is 18.2 Å². The average molecular weight is 207 g/mol. The van der Waals surface area contributed by atoms with Crippen molar-refractivity contribution in [3.05, 3.63) is 29.3 Å². The maximum Gasteiger partial charge on any atom is 0.180 e. The first-order valence-corrected chi connectivity index (χ1v) is 5.07. The fourth-order valence-corrected chi connectivity index (χ4v) is 1.51. The minimum Gasteiger partial charge on any atom is -0.507 e. The van der Waals surface area contributed by atoms with Crippen molar-refractivity contribution < 1.29 is 9.90 Å². The number of phenols is 1. The monoisotopic (exact) mass is 207 g/mol. The smallest absolute Gasteiger partial charge is 0.180 e. The van der Waals surface area contributed by atoms with Gasteiger partial charge in [0.2, 0.25) is 0 Å². The second-order valence-electron chi connectivity index (χ2n) is 3.85. The SMILES string of the molecule is CNCC(=O)c1cccc(C(C)C)c1O. The quantitative estimate of drug-likeness (QED) is 0.741. The van der Waals surface area contributed by atoms with Crippen LogP contribution in [0.5, 0.6) is 5.75 Å². The molecule has 0 spiro atoms. The second-order valence-corrected chi connectivity index (χ2v) is 3.85. The van der Waals surface area contributed by atoms with Crippen molar-refractivity contribution in [1.29, 1.82) is 0 Å². The maximum atomic E-state index is 11.6. The number of likely N-dealkylation sites (N-methyl/N-ethyl adjacent to an activating group) is 1. The number of carbonyl (C=O) groups excluding carboxylic acids is 1. The van der Waals surface area contributed by atoms with Gasteiger partial charge in [-0.1, -0.05) is 26.0 Å². The van der Waals surface area contributed by atoms with E-state index < -0.39 is 0 Å². The van der Waals surface area contributed by atoms with E-state index in [1.54, 1.807) is 19.2 Å². The lowest BCUT2D eigenvalue weighted by Crippen LogP contribution is -2.18. The number of Topliss-reactive ketones (excluding diaryl/α,β-unsaturated/α-hetero) is 1. The number of phenolic OH excluding ortho intramolecular Hbond substituents is 1. The Morgan fingerprint density at radius 1 is 1.47 bits per heavy atom. The van der Waals surface area contributed by atoms with Crippen LogP contribution < -0.4 is 5.32 Å². The molecule has 0 heterocycles. The predicted molar refractivity (Wildman–Crippen MR) is 60.5 cm³/mol. The third-order valence-corrected chi connectivity index (χ3v) is 2.33. The van der Waals surface area contributed by atoms with E-state index in [1.165, 1.54) is 0 Å². The molecule has 1 rings (SSSR count). The minimum absolute atomic E-state index is 0.0856. The molecule has 3 nitrogen and oxygen atoms in total. The lowest BCUT2D eigenvalue weighted by atomic mass is 9.97. The van der Waals surface area contributed by atoms with Crippen molar-refractivity contribution in [1.82, 2.24) is 5.32 Å². The van der Waals surface area contributed by atoms with E-state index in [-0.39, 0.29) is 24.0 Å². The molecule has 0 radical (unpaired) electrons. The molecule has 0 atom stereocenters. The Kier molecular flexibility index (Phi) is 3.86. The van der Waals surface area contributed by atoms with Crippen LogP contribution in [0.1, 0.15) is 35.7 Å². The van der Waals surface area contributed by atoms with E-state index in [4.69, 9.17) is 0 Å². The Balaban J connectivity index is 3.09. The summed E-state index contributed by atoms with van der Waals surface area (Å²) >= 11 is 0. The van der Waals surface area contributed by atoms with Crippen LogP contribution in [0.4, 0.5) is 0 Å². The molecule has 0 aliphatic heterocycles. The fraction of sp³-hybridized carbons (Fsp3) is 0.417. The topological polar surface area (TPSA) is 49.3 Å². The Morgan fingerprint density at radius 2 is 2.13 bits per heavy atom. The second kappa shape index (κ2) is 4.94. The number of benzene rings is 1. The van der Waals surface area contributed by atoms with Crippen LogP contribution in [0.25, 0.3) is 0 Å². The zero-order valence-electron chi connectivity index (χ0n) is 9.37. The van der Waals surface area contributed by atoms with Crippen LogP contribution in [-0.4, -0.2) is 24.5 Å². The number of ketones is 1. The molecular formula is C12H17NO2. The average Bonchev–Trinajstić information content (AvgIpc) is 2.17. The number of hydrogen-bond acceptors (Lipinski definition) is 3. The maximum absolute atomic E-state index is 11.6. The van der Waals surface area contributed by atoms with E-state index in [0.29, 0.717) is 5.56 Å². The first kappa shape index (κ1) is 11.7. The molecular weight excluding hydrogens is 190 g/mol. The van der Waals surface area contributed by atoms with Crippen molar-refractivity contribution in [2.45, 2.75) is 19.8 Å². The summed E-state index contributed by atoms with van der Waals surface area (Å²) in [7, 11) is 1.71. The predicted octanol–water partition coefficient (Wildman–Crippen LogP) is 1.92. The summed E-state index contributed by atoms with van der Waals surface area (Å²) in [5, 5.41) is 12.7. The number of hydrogen-bond donors (Lipinski definition) is 2. The van der Waals surface area contributed by atoms with Gasteiger partial charge in [0.05, 0.1) is 12.1 Å². The van der Waals surface area contributed by atoms with Crippen molar-refractivity contribution >= 4 is 5.78 Å². The normalized spacial score (nSPS) is 10.7. The molecule has 2 N–H and O–H groups in total. The number of nitrogens with one attached hydrogen (secondary N) is 1. The van der Waals surface area contributed by atoms with Crippen LogP contribution in [-0.2, 0) is 0 Å². The highest BCUT2D eigenvalue weighted by molar-refractivity contribution is 6.00. The molecule has 1 aromatic carbocycles. The lowest BCUT2D eigenvalue weighted by Gasteiger charge is -2.11. The third kappa shape index (κ3) is 2.57. The molecule has 0 saturated heterocycles. The fourth-order valence-electron chi connectivity index (χ4n) is 1.51. The Morgan fingerprint density at radius 3 is 2.67 bits per heavy atom. The molecule has 0 saturated carbocycles. The van der Waals surface area contributed by atoms with Crippen LogP contribution in [0.3, 0.4) is 0 Å². The number of para-hydroxylation sites is 1. The standard InChI is InChI=1S/C12H17NO2/c1-8(2)9-5-4-6-10(12(9)15)11(14)7-13-3/h4-6,8,13,15H,7H2,1-3H3. The zero-order chi connectivity index (χ0) is 11.4. The largest absolute Gasteiger partial charge is 0.507 e. The van der Waals surface area contributed by atoms with Crippen molar-refractivity contribution in [2.24, 2.45) is 0 Å². The van der Waals surface area contributed by atoms with E-state index in [9.17, 15) is 9.90 Å². The van der Waals surface area contributed by atoms with Gasteiger partial charge in [0.25, 0.3) is 0 Å². The summed E-state index contributed by atoms with van der Waals surface area (Å²) in [4.78, 5) is 11.6. The van der Waals surface area contributed by atoms with Gasteiger partial charge in [-0.3, -0.25) is 4.79 Å². The third-order valence-electron chi connectivity index (χ3n) is 2.33. The molecule has 0 aromatic heterocycles. The summed E-state index contributed by atoms with van der Waals surface area (Å²) in [6.45, 7) is 4.22. The summed E-state index contributed by atoms with van der Waals surface area (Å²) in [6.07, 6.45) is 0. The first-order valence-electron chi connectivity index (χ1n) is 5.07.